The molecule has 2 heterocycles. The molecule has 106 valence electrons. The summed E-state index contributed by atoms with van der Waals surface area (Å²) in [4.78, 5) is 10.5. The first-order valence-corrected chi connectivity index (χ1v) is 6.63. The zero-order valence-electron chi connectivity index (χ0n) is 11.5. The number of nitrogens with zero attached hydrogens (tertiary/aromatic N) is 3. The minimum atomic E-state index is -0.816. The fourth-order valence-corrected chi connectivity index (χ4v) is 2.31. The van der Waals surface area contributed by atoms with Crippen LogP contribution < -0.4 is 4.74 Å². The molecule has 2 atom stereocenters. The number of aliphatic hydroxyl groups is 1. The highest BCUT2D eigenvalue weighted by molar-refractivity contribution is 5.21. The van der Waals surface area contributed by atoms with Gasteiger partial charge in [-0.1, -0.05) is 6.92 Å². The van der Waals surface area contributed by atoms with Gasteiger partial charge in [-0.15, -0.1) is 0 Å². The maximum absolute atomic E-state index is 10.4. The molecule has 6 heteroatoms. The molecule has 0 bridgehead atoms. The molecule has 0 aliphatic carbocycles. The van der Waals surface area contributed by atoms with Crippen LogP contribution in [0.25, 0.3) is 0 Å². The average Bonchev–Trinajstić information content (AvgIpc) is 2.47. The fraction of sp³-hybridized carbons (Fsp3) is 0.692. The molecule has 0 spiro atoms. The summed E-state index contributed by atoms with van der Waals surface area (Å²) in [5, 5.41) is 10.4. The molecule has 1 aliphatic rings. The quantitative estimate of drug-likeness (QED) is 0.844. The second kappa shape index (κ2) is 6.79. The van der Waals surface area contributed by atoms with Gasteiger partial charge >= 0.3 is 0 Å². The lowest BCUT2D eigenvalue weighted by molar-refractivity contribution is -0.0916. The van der Waals surface area contributed by atoms with Gasteiger partial charge in [-0.2, -0.15) is 0 Å². The molecule has 0 amide bonds. The Morgan fingerprint density at radius 2 is 2.32 bits per heavy atom. The van der Waals surface area contributed by atoms with Crippen molar-refractivity contribution in [1.29, 1.82) is 0 Å². The highest BCUT2D eigenvalue weighted by Crippen LogP contribution is 2.26. The predicted octanol–water partition coefficient (Wildman–Crippen LogP) is 0.629. The second-order valence-corrected chi connectivity index (χ2v) is 4.61. The molecule has 0 aromatic carbocycles. The number of morpholine rings is 1. The number of aliphatic hydroxyl groups excluding tert-OH is 1. The van der Waals surface area contributed by atoms with E-state index in [1.54, 1.807) is 12.4 Å². The Kier molecular flexibility index (Phi) is 5.07. The van der Waals surface area contributed by atoms with E-state index in [0.717, 1.165) is 19.5 Å². The van der Waals surface area contributed by atoms with E-state index >= 15 is 0 Å². The van der Waals surface area contributed by atoms with Crippen LogP contribution in [0.4, 0.5) is 0 Å². The van der Waals surface area contributed by atoms with Crippen molar-refractivity contribution in [3.05, 3.63) is 18.1 Å². The first-order valence-electron chi connectivity index (χ1n) is 6.63. The Morgan fingerprint density at radius 1 is 1.53 bits per heavy atom. The molecule has 0 saturated carbocycles. The Balaban J connectivity index is 2.07. The van der Waals surface area contributed by atoms with Crippen LogP contribution in [0.5, 0.6) is 5.88 Å². The average molecular weight is 267 g/mol. The van der Waals surface area contributed by atoms with Crippen molar-refractivity contribution in [3.63, 3.8) is 0 Å². The van der Waals surface area contributed by atoms with Crippen molar-refractivity contribution in [3.8, 4) is 5.88 Å². The molecule has 0 radical (unpaired) electrons. The topological polar surface area (TPSA) is 67.7 Å². The molecular formula is C13H21N3O3. The number of hydrogen-bond donors (Lipinski definition) is 1. The number of aromatic nitrogens is 2. The zero-order chi connectivity index (χ0) is 13.7. The van der Waals surface area contributed by atoms with E-state index < -0.39 is 6.10 Å². The highest BCUT2D eigenvalue weighted by atomic mass is 16.5. The minimum Gasteiger partial charge on any atom is -0.480 e. The summed E-state index contributed by atoms with van der Waals surface area (Å²) >= 11 is 0. The fourth-order valence-electron chi connectivity index (χ4n) is 2.31. The van der Waals surface area contributed by atoms with Crippen LogP contribution in [0.15, 0.2) is 12.4 Å². The van der Waals surface area contributed by atoms with E-state index in [4.69, 9.17) is 9.47 Å². The van der Waals surface area contributed by atoms with Gasteiger partial charge in [-0.05, 0) is 13.0 Å². The van der Waals surface area contributed by atoms with Crippen molar-refractivity contribution < 1.29 is 14.6 Å². The maximum Gasteiger partial charge on any atom is 0.238 e. The number of rotatable bonds is 5. The summed E-state index contributed by atoms with van der Waals surface area (Å²) < 4.78 is 10.8. The predicted molar refractivity (Wildman–Crippen MR) is 70.0 cm³/mol. The van der Waals surface area contributed by atoms with Crippen LogP contribution in [0, 0.1) is 0 Å². The Hall–Kier alpha value is -1.24. The smallest absolute Gasteiger partial charge is 0.238 e. The van der Waals surface area contributed by atoms with Crippen LogP contribution >= 0.6 is 0 Å². The maximum atomic E-state index is 10.4. The van der Waals surface area contributed by atoms with Gasteiger partial charge in [0.1, 0.15) is 17.9 Å². The van der Waals surface area contributed by atoms with Crippen molar-refractivity contribution in [2.75, 3.05) is 33.4 Å². The van der Waals surface area contributed by atoms with Crippen LogP contribution in [-0.2, 0) is 4.74 Å². The largest absolute Gasteiger partial charge is 0.480 e. The number of methoxy groups -OCH3 is 1. The molecular weight excluding hydrogens is 246 g/mol. The lowest BCUT2D eigenvalue weighted by atomic mass is 10.1. The molecule has 6 nitrogen and oxygen atoms in total. The third-order valence-corrected chi connectivity index (χ3v) is 3.23. The molecule has 1 aromatic rings. The van der Waals surface area contributed by atoms with Gasteiger partial charge in [0.05, 0.1) is 13.7 Å². The Bertz CT molecular complexity index is 400. The van der Waals surface area contributed by atoms with Crippen molar-refractivity contribution >= 4 is 0 Å². The van der Waals surface area contributed by atoms with E-state index in [0.29, 0.717) is 24.7 Å². The van der Waals surface area contributed by atoms with Crippen LogP contribution in [0.1, 0.15) is 25.1 Å². The van der Waals surface area contributed by atoms with E-state index in [2.05, 4.69) is 21.8 Å². The summed E-state index contributed by atoms with van der Waals surface area (Å²) in [6.45, 7) is 5.41. The van der Waals surface area contributed by atoms with Crippen LogP contribution in [0.2, 0.25) is 0 Å². The molecule has 1 N–H and O–H groups in total. The summed E-state index contributed by atoms with van der Waals surface area (Å²) in [6.07, 6.45) is 3.08. The zero-order valence-corrected chi connectivity index (χ0v) is 11.5. The Labute approximate surface area is 113 Å². The van der Waals surface area contributed by atoms with E-state index in [9.17, 15) is 5.11 Å². The van der Waals surface area contributed by atoms with Crippen molar-refractivity contribution in [2.45, 2.75) is 25.6 Å². The van der Waals surface area contributed by atoms with Gasteiger partial charge in [0.25, 0.3) is 0 Å². The molecule has 1 aliphatic heterocycles. The first kappa shape index (κ1) is 14.2. The molecule has 1 saturated heterocycles. The van der Waals surface area contributed by atoms with Crippen molar-refractivity contribution in [1.82, 2.24) is 14.9 Å². The van der Waals surface area contributed by atoms with Gasteiger partial charge in [0.2, 0.25) is 5.88 Å². The second-order valence-electron chi connectivity index (χ2n) is 4.61. The van der Waals surface area contributed by atoms with Crippen LogP contribution in [0.3, 0.4) is 0 Å². The van der Waals surface area contributed by atoms with E-state index in [1.165, 1.54) is 7.11 Å². The summed E-state index contributed by atoms with van der Waals surface area (Å²) in [7, 11) is 1.52. The lowest BCUT2D eigenvalue weighted by Crippen LogP contribution is -2.45. The van der Waals surface area contributed by atoms with Gasteiger partial charge in [0, 0.05) is 25.5 Å². The highest BCUT2D eigenvalue weighted by Gasteiger charge is 2.30. The lowest BCUT2D eigenvalue weighted by Gasteiger charge is -2.34. The molecule has 1 aromatic heterocycles. The minimum absolute atomic E-state index is 0.286. The normalized spacial score (nSPS) is 22.2. The summed E-state index contributed by atoms with van der Waals surface area (Å²) in [5.74, 6) is 0.353. The van der Waals surface area contributed by atoms with Gasteiger partial charge in [-0.3, -0.25) is 9.88 Å². The van der Waals surface area contributed by atoms with Gasteiger partial charge in [-0.25, -0.2) is 4.98 Å². The third kappa shape index (κ3) is 3.40. The molecule has 19 heavy (non-hydrogen) atoms. The van der Waals surface area contributed by atoms with Crippen LogP contribution in [-0.4, -0.2) is 59.4 Å². The molecule has 2 unspecified atom stereocenters. The third-order valence-electron chi connectivity index (χ3n) is 3.23. The summed E-state index contributed by atoms with van der Waals surface area (Å²) in [5.41, 5.74) is 0.438. The van der Waals surface area contributed by atoms with E-state index in [-0.39, 0.29) is 6.10 Å². The molecule has 2 rings (SSSR count). The first-order chi connectivity index (χ1) is 9.26. The van der Waals surface area contributed by atoms with Gasteiger partial charge in [0.15, 0.2) is 0 Å². The SMILES string of the molecule is CCCN1CCOC(C(O)c2nccnc2OC)C1. The van der Waals surface area contributed by atoms with E-state index in [1.807, 2.05) is 0 Å². The van der Waals surface area contributed by atoms with Gasteiger partial charge < -0.3 is 14.6 Å². The monoisotopic (exact) mass is 267 g/mol. The molecule has 1 fully saturated rings. The standard InChI is InChI=1S/C13H21N3O3/c1-3-6-16-7-8-19-10(9-16)12(17)11-13(18-2)15-5-4-14-11/h4-5,10,12,17H,3,6-9H2,1-2H3. The number of ether oxygens (including phenoxy) is 2. The number of hydrogen-bond acceptors (Lipinski definition) is 6. The Morgan fingerprint density at radius 3 is 3.05 bits per heavy atom. The van der Waals surface area contributed by atoms with Crippen molar-refractivity contribution in [2.24, 2.45) is 0 Å². The summed E-state index contributed by atoms with van der Waals surface area (Å²) in [6, 6.07) is 0.